The maximum atomic E-state index is 11.7. The molecule has 0 aromatic heterocycles. The summed E-state index contributed by atoms with van der Waals surface area (Å²) in [7, 11) is -0.989. The first-order chi connectivity index (χ1) is 9.50. The van der Waals surface area contributed by atoms with Crippen LogP contribution in [0.1, 0.15) is 23.6 Å². The molecule has 2 aliphatic heterocycles. The highest BCUT2D eigenvalue weighted by atomic mass is 79.9. The molecule has 3 rings (SSSR count). The van der Waals surface area contributed by atoms with Gasteiger partial charge in [-0.3, -0.25) is 0 Å². The smallest absolute Gasteiger partial charge is 0.150 e. The van der Waals surface area contributed by atoms with Gasteiger partial charge in [-0.15, -0.1) is 0 Å². The van der Waals surface area contributed by atoms with Crippen molar-refractivity contribution in [2.75, 3.05) is 25.2 Å². The molecule has 4 nitrogen and oxygen atoms in total. The number of ether oxygens (including phenoxy) is 1. The van der Waals surface area contributed by atoms with E-state index in [1.807, 2.05) is 7.05 Å². The van der Waals surface area contributed by atoms with Gasteiger partial charge in [-0.05, 0) is 37.1 Å². The first-order valence-corrected chi connectivity index (χ1v) is 9.44. The lowest BCUT2D eigenvalue weighted by atomic mass is 9.91. The molecule has 2 atom stereocenters. The number of nitrogens with one attached hydrogen (secondary N) is 1. The van der Waals surface area contributed by atoms with Crippen LogP contribution in [0.5, 0.6) is 5.75 Å². The van der Waals surface area contributed by atoms with Crippen LogP contribution < -0.4 is 10.1 Å². The summed E-state index contributed by atoms with van der Waals surface area (Å²) in [6.07, 6.45) is 1.64. The van der Waals surface area contributed by atoms with Gasteiger partial charge in [-0.1, -0.05) is 15.9 Å². The van der Waals surface area contributed by atoms with Crippen LogP contribution in [0.4, 0.5) is 0 Å². The van der Waals surface area contributed by atoms with Gasteiger partial charge < -0.3 is 10.1 Å². The molecule has 6 heteroatoms. The molecule has 1 N–H and O–H groups in total. The number of hydrogen-bond acceptors (Lipinski definition) is 4. The van der Waals surface area contributed by atoms with Crippen molar-refractivity contribution in [3.63, 3.8) is 0 Å². The quantitative estimate of drug-likeness (QED) is 0.897. The Morgan fingerprint density at radius 3 is 2.90 bits per heavy atom. The van der Waals surface area contributed by atoms with Gasteiger partial charge >= 0.3 is 0 Å². The van der Waals surface area contributed by atoms with E-state index in [0.29, 0.717) is 12.4 Å². The highest BCUT2D eigenvalue weighted by Crippen LogP contribution is 2.41. The SMILES string of the molecule is CNC(c1cc(Br)cc2c1OCC2)C1CCS(=O)(=O)C1. The average molecular weight is 360 g/mol. The van der Waals surface area contributed by atoms with Crippen molar-refractivity contribution >= 4 is 25.8 Å². The molecule has 2 aliphatic rings. The molecule has 1 aromatic carbocycles. The molecule has 2 heterocycles. The van der Waals surface area contributed by atoms with Gasteiger partial charge in [0, 0.05) is 22.5 Å². The Morgan fingerprint density at radius 2 is 2.25 bits per heavy atom. The standard InChI is InChI=1S/C14H18BrNO3S/c1-16-13(10-3-5-20(17,18)8-10)12-7-11(15)6-9-2-4-19-14(9)12/h6-7,10,13,16H,2-5,8H2,1H3. The molecular formula is C14H18BrNO3S. The van der Waals surface area contributed by atoms with Crippen molar-refractivity contribution in [2.24, 2.45) is 5.92 Å². The normalized spacial score (nSPS) is 25.2. The van der Waals surface area contributed by atoms with Gasteiger partial charge in [-0.25, -0.2) is 8.42 Å². The second-order valence-corrected chi connectivity index (χ2v) is 8.66. The molecule has 2 unspecified atom stereocenters. The maximum absolute atomic E-state index is 11.7. The lowest BCUT2D eigenvalue weighted by molar-refractivity contribution is 0.338. The zero-order chi connectivity index (χ0) is 14.3. The predicted octanol–water partition coefficient (Wildman–Crippen LogP) is 2.08. The summed E-state index contributed by atoms with van der Waals surface area (Å²) in [4.78, 5) is 0. The van der Waals surface area contributed by atoms with Crippen LogP contribution in [0.25, 0.3) is 0 Å². The summed E-state index contributed by atoms with van der Waals surface area (Å²) in [6.45, 7) is 0.707. The Bertz CT molecular complexity index is 630. The minimum absolute atomic E-state index is 0.0247. The average Bonchev–Trinajstić information content (AvgIpc) is 2.96. The molecule has 110 valence electrons. The minimum atomic E-state index is -2.88. The van der Waals surface area contributed by atoms with E-state index in [-0.39, 0.29) is 17.7 Å². The number of fused-ring (bicyclic) bond motifs is 1. The summed E-state index contributed by atoms with van der Waals surface area (Å²) in [5.41, 5.74) is 2.28. The van der Waals surface area contributed by atoms with Crippen molar-refractivity contribution in [1.29, 1.82) is 0 Å². The molecule has 0 radical (unpaired) electrons. The van der Waals surface area contributed by atoms with E-state index >= 15 is 0 Å². The lowest BCUT2D eigenvalue weighted by Crippen LogP contribution is -2.26. The molecule has 0 bridgehead atoms. The van der Waals surface area contributed by atoms with E-state index in [1.54, 1.807) is 0 Å². The third-order valence-corrected chi connectivity index (χ3v) is 6.41. The maximum Gasteiger partial charge on any atom is 0.150 e. The van der Waals surface area contributed by atoms with E-state index < -0.39 is 9.84 Å². The number of benzene rings is 1. The molecule has 1 fully saturated rings. The summed E-state index contributed by atoms with van der Waals surface area (Å²) in [5, 5.41) is 3.29. The summed E-state index contributed by atoms with van der Waals surface area (Å²) in [5.74, 6) is 1.62. The van der Waals surface area contributed by atoms with Gasteiger partial charge in [0.2, 0.25) is 0 Å². The fourth-order valence-corrected chi connectivity index (χ4v) is 5.62. The van der Waals surface area contributed by atoms with Gasteiger partial charge in [0.25, 0.3) is 0 Å². The Kier molecular flexibility index (Phi) is 3.81. The third-order valence-electron chi connectivity index (χ3n) is 4.16. The summed E-state index contributed by atoms with van der Waals surface area (Å²) < 4.78 is 30.2. The van der Waals surface area contributed by atoms with Crippen LogP contribution in [0, 0.1) is 5.92 Å². The van der Waals surface area contributed by atoms with Crippen molar-refractivity contribution in [3.05, 3.63) is 27.7 Å². The van der Waals surface area contributed by atoms with Crippen LogP contribution in [0.3, 0.4) is 0 Å². The van der Waals surface area contributed by atoms with E-state index in [4.69, 9.17) is 4.74 Å². The zero-order valence-electron chi connectivity index (χ0n) is 11.4. The molecular weight excluding hydrogens is 342 g/mol. The minimum Gasteiger partial charge on any atom is -0.493 e. The molecule has 0 saturated carbocycles. The zero-order valence-corrected chi connectivity index (χ0v) is 13.8. The number of rotatable bonds is 3. The highest BCUT2D eigenvalue weighted by molar-refractivity contribution is 9.10. The van der Waals surface area contributed by atoms with Gasteiger partial charge in [0.1, 0.15) is 5.75 Å². The van der Waals surface area contributed by atoms with Crippen molar-refractivity contribution < 1.29 is 13.2 Å². The fourth-order valence-electron chi connectivity index (χ4n) is 3.26. The van der Waals surface area contributed by atoms with Gasteiger partial charge in [-0.2, -0.15) is 0 Å². The van der Waals surface area contributed by atoms with Crippen LogP contribution in [0.15, 0.2) is 16.6 Å². The van der Waals surface area contributed by atoms with Crippen molar-refractivity contribution in [3.8, 4) is 5.75 Å². The topological polar surface area (TPSA) is 55.4 Å². The predicted molar refractivity (Wildman–Crippen MR) is 81.9 cm³/mol. The molecule has 20 heavy (non-hydrogen) atoms. The molecule has 0 aliphatic carbocycles. The fraction of sp³-hybridized carbons (Fsp3) is 0.571. The Labute approximate surface area is 127 Å². The molecule has 0 amide bonds. The van der Waals surface area contributed by atoms with Crippen molar-refractivity contribution in [2.45, 2.75) is 18.9 Å². The number of halogens is 1. The largest absolute Gasteiger partial charge is 0.493 e. The summed E-state index contributed by atoms with van der Waals surface area (Å²) in [6, 6.07) is 4.16. The van der Waals surface area contributed by atoms with Gasteiger partial charge in [0.15, 0.2) is 9.84 Å². The lowest BCUT2D eigenvalue weighted by Gasteiger charge is -2.24. The van der Waals surface area contributed by atoms with E-state index in [0.717, 1.165) is 28.6 Å². The van der Waals surface area contributed by atoms with E-state index in [1.165, 1.54) is 5.56 Å². The monoisotopic (exact) mass is 359 g/mol. The second-order valence-electron chi connectivity index (χ2n) is 5.51. The van der Waals surface area contributed by atoms with Crippen LogP contribution >= 0.6 is 15.9 Å². The Hall–Kier alpha value is -0.590. The van der Waals surface area contributed by atoms with Crippen LogP contribution in [-0.2, 0) is 16.3 Å². The van der Waals surface area contributed by atoms with E-state index in [9.17, 15) is 8.42 Å². The van der Waals surface area contributed by atoms with Crippen molar-refractivity contribution in [1.82, 2.24) is 5.32 Å². The number of sulfone groups is 1. The van der Waals surface area contributed by atoms with E-state index in [2.05, 4.69) is 33.4 Å². The van der Waals surface area contributed by atoms with Gasteiger partial charge in [0.05, 0.1) is 18.1 Å². The Morgan fingerprint density at radius 1 is 1.45 bits per heavy atom. The van der Waals surface area contributed by atoms with Crippen LogP contribution in [0.2, 0.25) is 0 Å². The molecule has 1 aromatic rings. The third kappa shape index (κ3) is 2.61. The molecule has 1 saturated heterocycles. The first kappa shape index (κ1) is 14.4. The molecule has 0 spiro atoms. The number of hydrogen-bond donors (Lipinski definition) is 1. The summed E-state index contributed by atoms with van der Waals surface area (Å²) >= 11 is 3.54. The highest BCUT2D eigenvalue weighted by Gasteiger charge is 2.36. The Balaban J connectivity index is 1.98. The first-order valence-electron chi connectivity index (χ1n) is 6.83. The second kappa shape index (κ2) is 5.31. The van der Waals surface area contributed by atoms with Crippen LogP contribution in [-0.4, -0.2) is 33.6 Å².